The SMILES string of the molecule is Cn1c2c(c(=O)n(CCCO)c1=O)CC[C@@H](Cc1ccccc1)C(Oc1cccc(Cl)c1Cl)=N2. The average molecular weight is 502 g/mol. The van der Waals surface area contributed by atoms with Gasteiger partial charge in [0.2, 0.25) is 0 Å². The van der Waals surface area contributed by atoms with Crippen molar-refractivity contribution in [1.82, 2.24) is 9.13 Å². The second-order valence-electron chi connectivity index (χ2n) is 8.21. The van der Waals surface area contributed by atoms with Gasteiger partial charge in [0.15, 0.2) is 5.90 Å². The molecule has 0 unspecified atom stereocenters. The molecule has 3 aromatic rings. The number of hydrogen-bond donors (Lipinski definition) is 1. The summed E-state index contributed by atoms with van der Waals surface area (Å²) >= 11 is 12.5. The van der Waals surface area contributed by atoms with E-state index in [4.69, 9.17) is 32.9 Å². The molecule has 2 aromatic carbocycles. The molecule has 1 aromatic heterocycles. The van der Waals surface area contributed by atoms with Gasteiger partial charge in [-0.2, -0.15) is 4.99 Å². The van der Waals surface area contributed by atoms with Crippen LogP contribution in [0, 0.1) is 5.92 Å². The summed E-state index contributed by atoms with van der Waals surface area (Å²) in [7, 11) is 1.58. The molecule has 7 nitrogen and oxygen atoms in total. The van der Waals surface area contributed by atoms with Crippen molar-refractivity contribution in [1.29, 1.82) is 0 Å². The highest BCUT2D eigenvalue weighted by Gasteiger charge is 2.28. The summed E-state index contributed by atoms with van der Waals surface area (Å²) in [5.74, 6) is 0.842. The second-order valence-corrected chi connectivity index (χ2v) is 8.99. The standard InChI is InChI=1S/C25H25Cl2N3O4/c1-29-22-18(24(32)30(25(29)33)13-6-14-31)12-11-17(15-16-7-3-2-4-8-16)23(28-22)34-20-10-5-9-19(26)21(20)27/h2-5,7-10,17,31H,6,11-15H2,1H3/t17-/m0/s1. The number of halogens is 2. The van der Waals surface area contributed by atoms with Crippen LogP contribution in [0.1, 0.15) is 24.0 Å². The number of aliphatic imine (C=N–C) groups is 1. The first-order chi connectivity index (χ1) is 16.4. The van der Waals surface area contributed by atoms with E-state index in [-0.39, 0.29) is 35.5 Å². The third kappa shape index (κ3) is 4.97. The van der Waals surface area contributed by atoms with Crippen LogP contribution < -0.4 is 16.0 Å². The molecular formula is C25H25Cl2N3O4. The zero-order valence-corrected chi connectivity index (χ0v) is 20.2. The summed E-state index contributed by atoms with van der Waals surface area (Å²) in [5.41, 5.74) is 0.688. The topological polar surface area (TPSA) is 85.8 Å². The first-order valence-electron chi connectivity index (χ1n) is 11.1. The minimum Gasteiger partial charge on any atom is -0.441 e. The van der Waals surface area contributed by atoms with E-state index in [2.05, 4.69) is 0 Å². The van der Waals surface area contributed by atoms with Gasteiger partial charge < -0.3 is 9.84 Å². The molecule has 178 valence electrons. The molecule has 2 heterocycles. The van der Waals surface area contributed by atoms with Crippen LogP contribution in [0.25, 0.3) is 0 Å². The summed E-state index contributed by atoms with van der Waals surface area (Å²) < 4.78 is 8.72. The smallest absolute Gasteiger partial charge is 0.332 e. The molecule has 0 spiro atoms. The van der Waals surface area contributed by atoms with E-state index in [1.807, 2.05) is 30.3 Å². The predicted octanol–water partition coefficient (Wildman–Crippen LogP) is 4.15. The highest BCUT2D eigenvalue weighted by molar-refractivity contribution is 6.43. The molecule has 1 atom stereocenters. The quantitative estimate of drug-likeness (QED) is 0.549. The Morgan fingerprint density at radius 3 is 2.62 bits per heavy atom. The Morgan fingerprint density at radius 2 is 1.88 bits per heavy atom. The third-order valence-electron chi connectivity index (χ3n) is 5.91. The Labute approximate surface area is 206 Å². The normalized spacial score (nSPS) is 15.4. The molecule has 34 heavy (non-hydrogen) atoms. The van der Waals surface area contributed by atoms with E-state index >= 15 is 0 Å². The van der Waals surface area contributed by atoms with Crippen LogP contribution in [-0.2, 0) is 26.4 Å². The Balaban J connectivity index is 1.83. The number of fused-ring (bicyclic) bond motifs is 1. The van der Waals surface area contributed by atoms with Crippen molar-refractivity contribution in [2.24, 2.45) is 18.0 Å². The zero-order valence-electron chi connectivity index (χ0n) is 18.7. The molecule has 0 saturated heterocycles. The van der Waals surface area contributed by atoms with Crippen molar-refractivity contribution in [2.75, 3.05) is 6.61 Å². The van der Waals surface area contributed by atoms with Gasteiger partial charge in [-0.05, 0) is 43.4 Å². The summed E-state index contributed by atoms with van der Waals surface area (Å²) in [6.45, 7) is 0.0380. The maximum Gasteiger partial charge on any atom is 0.332 e. The van der Waals surface area contributed by atoms with Crippen LogP contribution in [0.15, 0.2) is 63.1 Å². The fourth-order valence-corrected chi connectivity index (χ4v) is 4.44. The number of nitrogens with zero attached hydrogens (tertiary/aromatic N) is 3. The van der Waals surface area contributed by atoms with E-state index in [9.17, 15) is 14.7 Å². The highest BCUT2D eigenvalue weighted by Crippen LogP contribution is 2.34. The number of aromatic nitrogens is 2. The van der Waals surface area contributed by atoms with Gasteiger partial charge in [0.05, 0.1) is 10.6 Å². The fourth-order valence-electron chi connectivity index (χ4n) is 4.11. The number of hydrogen-bond acceptors (Lipinski definition) is 5. The van der Waals surface area contributed by atoms with E-state index in [1.165, 1.54) is 4.57 Å². The van der Waals surface area contributed by atoms with Crippen molar-refractivity contribution in [3.8, 4) is 5.75 Å². The van der Waals surface area contributed by atoms with Crippen molar-refractivity contribution in [2.45, 2.75) is 32.2 Å². The van der Waals surface area contributed by atoms with Crippen molar-refractivity contribution in [3.63, 3.8) is 0 Å². The van der Waals surface area contributed by atoms with Gasteiger partial charge in [0.25, 0.3) is 5.56 Å². The molecule has 1 aliphatic heterocycles. The summed E-state index contributed by atoms with van der Waals surface area (Å²) in [5, 5.41) is 9.79. The van der Waals surface area contributed by atoms with Gasteiger partial charge >= 0.3 is 5.69 Å². The van der Waals surface area contributed by atoms with Gasteiger partial charge in [-0.1, -0.05) is 59.6 Å². The minimum absolute atomic E-state index is 0.109. The Hall–Kier alpha value is -2.87. The number of aliphatic hydroxyl groups excluding tert-OH is 1. The minimum atomic E-state index is -0.484. The van der Waals surface area contributed by atoms with E-state index in [0.29, 0.717) is 47.9 Å². The Morgan fingerprint density at radius 1 is 1.12 bits per heavy atom. The van der Waals surface area contributed by atoms with E-state index in [1.54, 1.807) is 25.2 Å². The molecule has 0 bridgehead atoms. The summed E-state index contributed by atoms with van der Waals surface area (Å²) in [4.78, 5) is 30.8. The second kappa shape index (κ2) is 10.6. The zero-order chi connectivity index (χ0) is 24.2. The van der Waals surface area contributed by atoms with Gasteiger partial charge in [0.1, 0.15) is 16.6 Å². The number of ether oxygens (including phenoxy) is 1. The predicted molar refractivity (Wildman–Crippen MR) is 134 cm³/mol. The van der Waals surface area contributed by atoms with Gasteiger partial charge in [0, 0.05) is 26.1 Å². The Kier molecular flexibility index (Phi) is 7.56. The Bertz CT molecular complexity index is 1330. The lowest BCUT2D eigenvalue weighted by molar-refractivity contribution is 0.277. The van der Waals surface area contributed by atoms with Crippen LogP contribution in [0.3, 0.4) is 0 Å². The first kappa shape index (κ1) is 24.3. The molecule has 0 radical (unpaired) electrons. The largest absolute Gasteiger partial charge is 0.441 e. The van der Waals surface area contributed by atoms with Crippen molar-refractivity contribution in [3.05, 3.63) is 90.5 Å². The van der Waals surface area contributed by atoms with E-state index in [0.717, 1.165) is 10.1 Å². The molecule has 0 saturated carbocycles. The van der Waals surface area contributed by atoms with Crippen LogP contribution in [0.5, 0.6) is 5.75 Å². The number of aliphatic hydroxyl groups is 1. The average Bonchev–Trinajstić information content (AvgIpc) is 3.01. The highest BCUT2D eigenvalue weighted by atomic mass is 35.5. The monoisotopic (exact) mass is 501 g/mol. The van der Waals surface area contributed by atoms with Crippen LogP contribution in [-0.4, -0.2) is 26.7 Å². The maximum atomic E-state index is 13.2. The van der Waals surface area contributed by atoms with Gasteiger partial charge in [-0.3, -0.25) is 13.9 Å². The van der Waals surface area contributed by atoms with Crippen LogP contribution in [0.2, 0.25) is 10.0 Å². The molecule has 4 rings (SSSR count). The molecule has 0 fully saturated rings. The van der Waals surface area contributed by atoms with E-state index < -0.39 is 5.69 Å². The molecule has 1 N–H and O–H groups in total. The molecule has 0 aliphatic carbocycles. The van der Waals surface area contributed by atoms with Gasteiger partial charge in [-0.25, -0.2) is 4.79 Å². The maximum absolute atomic E-state index is 13.2. The first-order valence-corrected chi connectivity index (χ1v) is 11.8. The number of benzene rings is 2. The summed E-state index contributed by atoms with van der Waals surface area (Å²) in [6.07, 6.45) is 1.97. The fraction of sp³-hybridized carbons (Fsp3) is 0.320. The molecule has 0 amide bonds. The van der Waals surface area contributed by atoms with Crippen LogP contribution in [0.4, 0.5) is 5.82 Å². The number of rotatable bonds is 6. The lowest BCUT2D eigenvalue weighted by Crippen LogP contribution is -2.41. The lowest BCUT2D eigenvalue weighted by Gasteiger charge is -2.19. The van der Waals surface area contributed by atoms with Crippen LogP contribution >= 0.6 is 23.2 Å². The van der Waals surface area contributed by atoms with Gasteiger partial charge in [-0.15, -0.1) is 0 Å². The molecule has 1 aliphatic rings. The van der Waals surface area contributed by atoms with Crippen molar-refractivity contribution >= 4 is 34.9 Å². The molecule has 9 heteroatoms. The van der Waals surface area contributed by atoms with Crippen molar-refractivity contribution < 1.29 is 9.84 Å². The molecular weight excluding hydrogens is 477 g/mol. The third-order valence-corrected chi connectivity index (χ3v) is 6.71. The summed E-state index contributed by atoms with van der Waals surface area (Å²) in [6, 6.07) is 15.0. The lowest BCUT2D eigenvalue weighted by atomic mass is 9.93.